The predicted molar refractivity (Wildman–Crippen MR) is 84.2 cm³/mol. The fourth-order valence-electron chi connectivity index (χ4n) is 1.65. The third-order valence-electron chi connectivity index (χ3n) is 2.80. The molecule has 1 aromatic carbocycles. The molecule has 22 heavy (non-hydrogen) atoms. The van der Waals surface area contributed by atoms with Crippen molar-refractivity contribution in [3.63, 3.8) is 0 Å². The van der Waals surface area contributed by atoms with E-state index in [4.69, 9.17) is 4.42 Å². The minimum Gasteiger partial charge on any atom is -0.416 e. The fourth-order valence-corrected chi connectivity index (χ4v) is 2.22. The molecule has 2 aromatic rings. The molecule has 0 saturated carbocycles. The average molecular weight is 319 g/mol. The van der Waals surface area contributed by atoms with Crippen LogP contribution in [0.15, 0.2) is 33.9 Å². The molecule has 7 heteroatoms. The molecule has 0 aliphatic carbocycles. The lowest BCUT2D eigenvalue weighted by Gasteiger charge is -2.05. The number of hydrogen-bond donors (Lipinski definition) is 1. The van der Waals surface area contributed by atoms with Crippen molar-refractivity contribution < 1.29 is 14.0 Å². The van der Waals surface area contributed by atoms with Gasteiger partial charge in [0.2, 0.25) is 11.8 Å². The van der Waals surface area contributed by atoms with Crippen molar-refractivity contribution in [2.24, 2.45) is 0 Å². The largest absolute Gasteiger partial charge is 0.416 e. The second kappa shape index (κ2) is 7.22. The van der Waals surface area contributed by atoms with Crippen LogP contribution >= 0.6 is 11.8 Å². The maximum Gasteiger partial charge on any atom is 0.277 e. The Morgan fingerprint density at radius 2 is 2.09 bits per heavy atom. The molecule has 116 valence electrons. The summed E-state index contributed by atoms with van der Waals surface area (Å²) in [5.41, 5.74) is 1.15. The van der Waals surface area contributed by atoms with Gasteiger partial charge in [0.05, 0.1) is 5.75 Å². The number of ketones is 1. The van der Waals surface area contributed by atoms with E-state index in [9.17, 15) is 9.59 Å². The van der Waals surface area contributed by atoms with Crippen LogP contribution < -0.4 is 5.32 Å². The normalized spacial score (nSPS) is 10.7. The van der Waals surface area contributed by atoms with Crippen molar-refractivity contribution in [1.82, 2.24) is 10.2 Å². The van der Waals surface area contributed by atoms with Crippen molar-refractivity contribution >= 4 is 29.1 Å². The lowest BCUT2D eigenvalue weighted by atomic mass is 10.1. The summed E-state index contributed by atoms with van der Waals surface area (Å²) >= 11 is 1.18. The topological polar surface area (TPSA) is 85.1 Å². The van der Waals surface area contributed by atoms with Gasteiger partial charge in [-0.3, -0.25) is 9.59 Å². The summed E-state index contributed by atoms with van der Waals surface area (Å²) in [6, 6.07) is 6.82. The van der Waals surface area contributed by atoms with E-state index in [0.29, 0.717) is 22.4 Å². The van der Waals surface area contributed by atoms with Gasteiger partial charge in [-0.25, -0.2) is 0 Å². The van der Waals surface area contributed by atoms with Gasteiger partial charge in [0.1, 0.15) is 0 Å². The molecule has 1 amide bonds. The van der Waals surface area contributed by atoms with Crippen LogP contribution in [0.2, 0.25) is 0 Å². The second-order valence-electron chi connectivity index (χ2n) is 5.03. The first-order valence-electron chi connectivity index (χ1n) is 6.82. The van der Waals surface area contributed by atoms with Gasteiger partial charge in [0.25, 0.3) is 5.22 Å². The molecular formula is C15H17N3O3S. The summed E-state index contributed by atoms with van der Waals surface area (Å²) in [6.45, 7) is 5.39. The lowest BCUT2D eigenvalue weighted by molar-refractivity contribution is -0.113. The number of Topliss-reactive ketones (excluding diaryl/α,β-unsaturated/α-hetero) is 1. The molecule has 1 aromatic heterocycles. The third kappa shape index (κ3) is 4.42. The Morgan fingerprint density at radius 1 is 1.32 bits per heavy atom. The molecule has 0 saturated heterocycles. The number of hydrogen-bond acceptors (Lipinski definition) is 6. The van der Waals surface area contributed by atoms with Crippen molar-refractivity contribution in [3.05, 3.63) is 35.7 Å². The Hall–Kier alpha value is -2.15. The van der Waals surface area contributed by atoms with Gasteiger partial charge in [0.15, 0.2) is 5.78 Å². The van der Waals surface area contributed by atoms with E-state index < -0.39 is 0 Å². The first-order chi connectivity index (χ1) is 10.5. The number of carbonyl (C=O) groups is 2. The Morgan fingerprint density at radius 3 is 2.73 bits per heavy atom. The third-order valence-corrected chi connectivity index (χ3v) is 3.61. The van der Waals surface area contributed by atoms with Gasteiger partial charge < -0.3 is 9.73 Å². The van der Waals surface area contributed by atoms with E-state index >= 15 is 0 Å². The van der Waals surface area contributed by atoms with Gasteiger partial charge >= 0.3 is 0 Å². The highest BCUT2D eigenvalue weighted by Crippen LogP contribution is 2.20. The molecule has 0 fully saturated rings. The molecule has 0 bridgehead atoms. The average Bonchev–Trinajstić information content (AvgIpc) is 2.94. The maximum absolute atomic E-state index is 11.9. The molecule has 1 N–H and O–H groups in total. The number of nitrogens with one attached hydrogen (secondary N) is 1. The number of nitrogens with zero attached hydrogens (tertiary/aromatic N) is 2. The van der Waals surface area contributed by atoms with Crippen LogP contribution in [0.4, 0.5) is 5.69 Å². The maximum atomic E-state index is 11.9. The van der Waals surface area contributed by atoms with Crippen LogP contribution in [0.5, 0.6) is 0 Å². The van der Waals surface area contributed by atoms with E-state index in [1.807, 2.05) is 13.8 Å². The summed E-state index contributed by atoms with van der Waals surface area (Å²) < 4.78 is 5.41. The second-order valence-corrected chi connectivity index (χ2v) is 5.96. The molecule has 0 aliphatic rings. The highest BCUT2D eigenvalue weighted by molar-refractivity contribution is 7.99. The summed E-state index contributed by atoms with van der Waals surface area (Å²) in [4.78, 5) is 23.2. The molecule has 0 radical (unpaired) electrons. The van der Waals surface area contributed by atoms with Crippen molar-refractivity contribution in [1.29, 1.82) is 0 Å². The molecule has 0 atom stereocenters. The predicted octanol–water partition coefficient (Wildman–Crippen LogP) is 3.13. The van der Waals surface area contributed by atoms with Gasteiger partial charge in [-0.1, -0.05) is 37.7 Å². The van der Waals surface area contributed by atoms with Crippen LogP contribution in [-0.2, 0) is 4.79 Å². The number of carbonyl (C=O) groups excluding carboxylic acids is 2. The van der Waals surface area contributed by atoms with Gasteiger partial charge in [-0.15, -0.1) is 10.2 Å². The SMILES string of the molecule is CC(=O)c1cccc(NC(=O)CSc2nnc(C(C)C)o2)c1. The minimum absolute atomic E-state index is 0.0439. The molecule has 0 spiro atoms. The first-order valence-corrected chi connectivity index (χ1v) is 7.81. The quantitative estimate of drug-likeness (QED) is 0.650. The van der Waals surface area contributed by atoms with Gasteiger partial charge in [-0.05, 0) is 19.1 Å². The molecule has 1 heterocycles. The van der Waals surface area contributed by atoms with Crippen LogP contribution in [0, 0.1) is 0 Å². The number of anilines is 1. The van der Waals surface area contributed by atoms with Crippen molar-refractivity contribution in [2.45, 2.75) is 31.9 Å². The first kappa shape index (κ1) is 16.2. The zero-order valence-electron chi connectivity index (χ0n) is 12.6. The Labute approximate surface area is 132 Å². The van der Waals surface area contributed by atoms with Crippen LogP contribution in [0.25, 0.3) is 0 Å². The van der Waals surface area contributed by atoms with Crippen LogP contribution in [0.3, 0.4) is 0 Å². The molecule has 2 rings (SSSR count). The van der Waals surface area contributed by atoms with E-state index in [-0.39, 0.29) is 23.4 Å². The monoisotopic (exact) mass is 319 g/mol. The molecule has 0 unspecified atom stereocenters. The minimum atomic E-state index is -0.199. The number of thioether (sulfide) groups is 1. The number of rotatable bonds is 6. The zero-order valence-corrected chi connectivity index (χ0v) is 13.4. The molecule has 0 aliphatic heterocycles. The highest BCUT2D eigenvalue weighted by Gasteiger charge is 2.12. The molecule has 6 nitrogen and oxygen atoms in total. The van der Waals surface area contributed by atoms with Crippen LogP contribution in [-0.4, -0.2) is 27.6 Å². The summed E-state index contributed by atoms with van der Waals surface area (Å²) in [5, 5.41) is 10.9. The van der Waals surface area contributed by atoms with Gasteiger partial charge in [0, 0.05) is 17.2 Å². The van der Waals surface area contributed by atoms with Crippen molar-refractivity contribution in [3.8, 4) is 0 Å². The Kier molecular flexibility index (Phi) is 5.32. The van der Waals surface area contributed by atoms with E-state index in [1.165, 1.54) is 18.7 Å². The van der Waals surface area contributed by atoms with Crippen LogP contribution in [0.1, 0.15) is 42.9 Å². The lowest BCUT2D eigenvalue weighted by Crippen LogP contribution is -2.14. The Bertz CT molecular complexity index is 682. The Balaban J connectivity index is 1.90. The molecular weight excluding hydrogens is 302 g/mol. The van der Waals surface area contributed by atoms with E-state index in [2.05, 4.69) is 15.5 Å². The fraction of sp³-hybridized carbons (Fsp3) is 0.333. The summed E-state index contributed by atoms with van der Waals surface area (Å²) in [6.07, 6.45) is 0. The number of aromatic nitrogens is 2. The van der Waals surface area contributed by atoms with E-state index in [0.717, 1.165) is 0 Å². The van der Waals surface area contributed by atoms with Gasteiger partial charge in [-0.2, -0.15) is 0 Å². The number of amides is 1. The smallest absolute Gasteiger partial charge is 0.277 e. The summed E-state index contributed by atoms with van der Waals surface area (Å²) in [7, 11) is 0. The number of benzene rings is 1. The standard InChI is InChI=1S/C15H17N3O3S/c1-9(2)14-17-18-15(21-14)22-8-13(20)16-12-6-4-5-11(7-12)10(3)19/h4-7,9H,8H2,1-3H3,(H,16,20). The van der Waals surface area contributed by atoms with E-state index in [1.54, 1.807) is 24.3 Å². The summed E-state index contributed by atoms with van der Waals surface area (Å²) in [5.74, 6) is 0.624. The van der Waals surface area contributed by atoms with Crippen molar-refractivity contribution in [2.75, 3.05) is 11.1 Å². The highest BCUT2D eigenvalue weighted by atomic mass is 32.2. The zero-order chi connectivity index (χ0) is 16.1.